The summed E-state index contributed by atoms with van der Waals surface area (Å²) in [6.45, 7) is 0. The summed E-state index contributed by atoms with van der Waals surface area (Å²) in [5.41, 5.74) is 3.56. The van der Waals surface area contributed by atoms with E-state index in [4.69, 9.17) is 9.15 Å². The van der Waals surface area contributed by atoms with Crippen molar-refractivity contribution >= 4 is 47.5 Å². The minimum absolute atomic E-state index is 0.0540. The quantitative estimate of drug-likeness (QED) is 0.109. The lowest BCUT2D eigenvalue weighted by Gasteiger charge is -2.08. The van der Waals surface area contributed by atoms with Gasteiger partial charge in [-0.25, -0.2) is 10.2 Å². The first-order valence-electron chi connectivity index (χ1n) is 11.1. The molecule has 2 heterocycles. The van der Waals surface area contributed by atoms with Crippen LogP contribution in [0.25, 0.3) is 12.2 Å². The summed E-state index contributed by atoms with van der Waals surface area (Å²) in [6.07, 6.45) is 7.30. The number of carbonyl (C=O) groups excluding carboxylic acids is 3. The monoisotopic (exact) mass is 511 g/mol. The Morgan fingerprint density at radius 3 is 2.43 bits per heavy atom. The van der Waals surface area contributed by atoms with E-state index in [1.165, 1.54) is 36.0 Å². The first-order chi connectivity index (χ1) is 18.1. The molecule has 0 aliphatic carbocycles. The molecule has 4 rings (SSSR count). The third kappa shape index (κ3) is 7.74. The van der Waals surface area contributed by atoms with Gasteiger partial charge < -0.3 is 14.5 Å². The summed E-state index contributed by atoms with van der Waals surface area (Å²) in [4.78, 5) is 38.1. The van der Waals surface area contributed by atoms with Crippen LogP contribution in [0.3, 0.4) is 0 Å². The third-order valence-electron chi connectivity index (χ3n) is 4.76. The number of esters is 1. The SMILES string of the molecule is O=C(/C=C/c1ccco1)Oc1ccc(/C=N/NC(=O)/C(=C/c2cccs2)NC(=O)c2ccccc2)cc1. The molecule has 0 spiro atoms. The average Bonchev–Trinajstić information content (AvgIpc) is 3.63. The highest BCUT2D eigenvalue weighted by Gasteiger charge is 2.14. The Bertz CT molecular complexity index is 1420. The van der Waals surface area contributed by atoms with E-state index >= 15 is 0 Å². The van der Waals surface area contributed by atoms with Gasteiger partial charge in [0.25, 0.3) is 11.8 Å². The number of rotatable bonds is 9. The standard InChI is InChI=1S/C28H21N3O5S/c32-26(15-14-22-8-4-16-35-22)36-23-12-10-20(11-13-23)19-29-31-28(34)25(18-24-9-5-17-37-24)30-27(33)21-6-2-1-3-7-21/h1-19H,(H,30,33)(H,31,34)/b15-14+,25-18-,29-19+. The normalized spacial score (nSPS) is 11.5. The summed E-state index contributed by atoms with van der Waals surface area (Å²) < 4.78 is 10.4. The summed E-state index contributed by atoms with van der Waals surface area (Å²) in [7, 11) is 0. The second-order valence-electron chi connectivity index (χ2n) is 7.43. The van der Waals surface area contributed by atoms with Crippen LogP contribution in [0, 0.1) is 0 Å². The van der Waals surface area contributed by atoms with E-state index in [2.05, 4.69) is 15.8 Å². The molecule has 0 bridgehead atoms. The highest BCUT2D eigenvalue weighted by atomic mass is 32.1. The van der Waals surface area contributed by atoms with Crippen molar-refractivity contribution < 1.29 is 23.5 Å². The molecule has 0 saturated heterocycles. The van der Waals surface area contributed by atoms with Crippen LogP contribution < -0.4 is 15.5 Å². The van der Waals surface area contributed by atoms with Gasteiger partial charge in [-0.2, -0.15) is 5.10 Å². The van der Waals surface area contributed by atoms with E-state index < -0.39 is 17.8 Å². The number of amides is 2. The van der Waals surface area contributed by atoms with E-state index in [0.29, 0.717) is 22.6 Å². The van der Waals surface area contributed by atoms with Crippen molar-refractivity contribution in [3.8, 4) is 5.75 Å². The molecule has 0 saturated carbocycles. The first-order valence-corrected chi connectivity index (χ1v) is 11.9. The smallest absolute Gasteiger partial charge is 0.336 e. The van der Waals surface area contributed by atoms with Gasteiger partial charge in [0.05, 0.1) is 12.5 Å². The second-order valence-corrected chi connectivity index (χ2v) is 8.41. The molecular weight excluding hydrogens is 490 g/mol. The zero-order valence-corrected chi connectivity index (χ0v) is 20.2. The number of nitrogens with one attached hydrogen (secondary N) is 2. The molecule has 2 N–H and O–H groups in total. The van der Waals surface area contributed by atoms with Crippen molar-refractivity contribution in [2.75, 3.05) is 0 Å². The number of ether oxygens (including phenoxy) is 1. The maximum absolute atomic E-state index is 12.8. The molecule has 2 aromatic carbocycles. The molecule has 0 radical (unpaired) electrons. The fourth-order valence-electron chi connectivity index (χ4n) is 2.99. The molecule has 4 aromatic rings. The van der Waals surface area contributed by atoms with Crippen LogP contribution in [0.5, 0.6) is 5.75 Å². The number of carbonyl (C=O) groups is 3. The van der Waals surface area contributed by atoms with E-state index in [1.807, 2.05) is 17.5 Å². The van der Waals surface area contributed by atoms with Crippen LogP contribution in [0.1, 0.15) is 26.6 Å². The number of furan rings is 1. The largest absolute Gasteiger partial charge is 0.465 e. The van der Waals surface area contributed by atoms with Gasteiger partial charge in [-0.05, 0) is 77.7 Å². The third-order valence-corrected chi connectivity index (χ3v) is 5.58. The zero-order chi connectivity index (χ0) is 25.9. The molecule has 184 valence electrons. The molecule has 2 amide bonds. The maximum atomic E-state index is 12.8. The fraction of sp³-hybridized carbons (Fsp3) is 0. The van der Waals surface area contributed by atoms with Crippen LogP contribution in [0.2, 0.25) is 0 Å². The van der Waals surface area contributed by atoms with Crippen LogP contribution in [-0.2, 0) is 9.59 Å². The molecule has 2 aromatic heterocycles. The highest BCUT2D eigenvalue weighted by Crippen LogP contribution is 2.14. The number of hydrogen-bond donors (Lipinski definition) is 2. The fourth-order valence-corrected chi connectivity index (χ4v) is 3.65. The first kappa shape index (κ1) is 25.1. The molecule has 0 unspecified atom stereocenters. The Balaban J connectivity index is 1.35. The number of hydrogen-bond acceptors (Lipinski definition) is 7. The second kappa shape index (κ2) is 12.6. The van der Waals surface area contributed by atoms with E-state index in [0.717, 1.165) is 4.88 Å². The van der Waals surface area contributed by atoms with Crippen molar-refractivity contribution in [2.24, 2.45) is 5.10 Å². The van der Waals surface area contributed by atoms with E-state index in [-0.39, 0.29) is 5.70 Å². The molecule has 0 fully saturated rings. The minimum Gasteiger partial charge on any atom is -0.465 e. The Kier molecular flexibility index (Phi) is 8.55. The molecule has 37 heavy (non-hydrogen) atoms. The summed E-state index contributed by atoms with van der Waals surface area (Å²) in [5, 5.41) is 8.50. The Labute approximate surface area is 216 Å². The average molecular weight is 512 g/mol. The summed E-state index contributed by atoms with van der Waals surface area (Å²) >= 11 is 1.43. The molecule has 9 heteroatoms. The zero-order valence-electron chi connectivity index (χ0n) is 19.4. The Morgan fingerprint density at radius 2 is 1.73 bits per heavy atom. The van der Waals surface area contributed by atoms with Gasteiger partial charge in [-0.3, -0.25) is 9.59 Å². The number of nitrogens with zero attached hydrogens (tertiary/aromatic N) is 1. The van der Waals surface area contributed by atoms with E-state index in [9.17, 15) is 14.4 Å². The van der Waals surface area contributed by atoms with Gasteiger partial charge in [-0.15, -0.1) is 11.3 Å². The predicted octanol–water partition coefficient (Wildman–Crippen LogP) is 4.88. The van der Waals surface area contributed by atoms with Gasteiger partial charge in [-0.1, -0.05) is 24.3 Å². The van der Waals surface area contributed by atoms with Crippen molar-refractivity contribution in [1.82, 2.24) is 10.7 Å². The summed E-state index contributed by atoms with van der Waals surface area (Å²) in [6, 6.07) is 22.3. The molecule has 8 nitrogen and oxygen atoms in total. The number of benzene rings is 2. The predicted molar refractivity (Wildman–Crippen MR) is 142 cm³/mol. The van der Waals surface area contributed by atoms with Crippen LogP contribution in [0.4, 0.5) is 0 Å². The van der Waals surface area contributed by atoms with Crippen LogP contribution in [0.15, 0.2) is 112 Å². The number of hydrazone groups is 1. The van der Waals surface area contributed by atoms with Crippen molar-refractivity contribution in [1.29, 1.82) is 0 Å². The Morgan fingerprint density at radius 1 is 0.919 bits per heavy atom. The van der Waals surface area contributed by atoms with Gasteiger partial charge in [0.2, 0.25) is 0 Å². The molecule has 0 aliphatic rings. The molecule has 0 aliphatic heterocycles. The lowest BCUT2D eigenvalue weighted by atomic mass is 10.2. The highest BCUT2D eigenvalue weighted by molar-refractivity contribution is 7.10. The van der Waals surface area contributed by atoms with Gasteiger partial charge in [0, 0.05) is 16.5 Å². The molecule has 0 atom stereocenters. The maximum Gasteiger partial charge on any atom is 0.336 e. The van der Waals surface area contributed by atoms with Crippen molar-refractivity contribution in [2.45, 2.75) is 0 Å². The minimum atomic E-state index is -0.581. The lowest BCUT2D eigenvalue weighted by molar-refractivity contribution is -0.128. The topological polar surface area (TPSA) is 110 Å². The lowest BCUT2D eigenvalue weighted by Crippen LogP contribution is -2.32. The van der Waals surface area contributed by atoms with Gasteiger partial charge >= 0.3 is 5.97 Å². The molecular formula is C28H21N3O5S. The summed E-state index contributed by atoms with van der Waals surface area (Å²) in [5.74, 6) is -0.652. The van der Waals surface area contributed by atoms with Gasteiger partial charge in [0.1, 0.15) is 17.2 Å². The number of thiophene rings is 1. The van der Waals surface area contributed by atoms with Crippen LogP contribution >= 0.6 is 11.3 Å². The van der Waals surface area contributed by atoms with E-state index in [1.54, 1.807) is 72.8 Å². The van der Waals surface area contributed by atoms with Gasteiger partial charge in [0.15, 0.2) is 0 Å². The van der Waals surface area contributed by atoms with Crippen molar-refractivity contribution in [3.05, 3.63) is 124 Å². The van der Waals surface area contributed by atoms with Crippen LogP contribution in [-0.4, -0.2) is 24.0 Å². The van der Waals surface area contributed by atoms with Crippen molar-refractivity contribution in [3.63, 3.8) is 0 Å². The Hall–Kier alpha value is -5.02.